The highest BCUT2D eigenvalue weighted by Gasteiger charge is 2.29. The third kappa shape index (κ3) is 1.95. The van der Waals surface area contributed by atoms with Gasteiger partial charge in [0, 0.05) is 15.4 Å². The molecule has 0 bridgehead atoms. The number of nitrogens with one attached hydrogen (secondary N) is 1. The van der Waals surface area contributed by atoms with Crippen molar-refractivity contribution in [3.63, 3.8) is 0 Å². The topological polar surface area (TPSA) is 116 Å². The summed E-state index contributed by atoms with van der Waals surface area (Å²) in [6, 6.07) is 6.41. The molecule has 0 fully saturated rings. The molecule has 0 aliphatic rings. The van der Waals surface area contributed by atoms with Crippen LogP contribution in [0.5, 0.6) is 0 Å². The summed E-state index contributed by atoms with van der Waals surface area (Å²) in [4.78, 5) is 12.0. The first kappa shape index (κ1) is 11.4. The number of aromatic amines is 1. The Kier molecular flexibility index (Phi) is 2.53. The maximum atomic E-state index is 11.6. The molecule has 96 valence electrons. The minimum atomic E-state index is -0.789. The van der Waals surface area contributed by atoms with Crippen molar-refractivity contribution in [3.8, 4) is 17.1 Å². The van der Waals surface area contributed by atoms with Crippen LogP contribution in [0.4, 0.5) is 0 Å². The van der Waals surface area contributed by atoms with Gasteiger partial charge < -0.3 is 5.21 Å². The Balaban J connectivity index is 2.18. The van der Waals surface area contributed by atoms with Gasteiger partial charge in [-0.3, -0.25) is 9.15 Å². The van der Waals surface area contributed by atoms with Crippen molar-refractivity contribution < 1.29 is 18.9 Å². The molecule has 2 aromatic heterocycles. The molecule has 9 nitrogen and oxygen atoms in total. The Morgan fingerprint density at radius 2 is 2.05 bits per heavy atom. The lowest BCUT2D eigenvalue weighted by molar-refractivity contribution is -0.794. The predicted octanol–water partition coefficient (Wildman–Crippen LogP) is -0.419. The van der Waals surface area contributed by atoms with Gasteiger partial charge in [0.05, 0.1) is 5.16 Å². The fraction of sp³-hybridized carbons (Fsp3) is 0. The third-order valence-electron chi connectivity index (χ3n) is 2.32. The van der Waals surface area contributed by atoms with E-state index in [1.807, 2.05) is 0 Å². The van der Waals surface area contributed by atoms with Gasteiger partial charge >= 0.3 is 11.6 Å². The Labute approximate surface area is 109 Å². The number of benzene rings is 1. The molecule has 0 radical (unpaired) electrons. The first-order chi connectivity index (χ1) is 9.15. The highest BCUT2D eigenvalue weighted by molar-refractivity contribution is 6.30. The summed E-state index contributed by atoms with van der Waals surface area (Å²) < 4.78 is 8.82. The van der Waals surface area contributed by atoms with Crippen LogP contribution in [0.2, 0.25) is 5.02 Å². The molecule has 2 heterocycles. The standard InChI is InChI=1S/C9H4ClN5O4/c10-6-3-1-5(2-4-6)7-8(12-19-15(7)17)14-11-9(16)18-13-14/h1-4H/p+1. The van der Waals surface area contributed by atoms with E-state index in [9.17, 15) is 10.0 Å². The van der Waals surface area contributed by atoms with Crippen molar-refractivity contribution in [1.29, 1.82) is 0 Å². The second-order valence-corrected chi connectivity index (χ2v) is 3.93. The van der Waals surface area contributed by atoms with Gasteiger partial charge in [0.15, 0.2) is 0 Å². The lowest BCUT2D eigenvalue weighted by Gasteiger charge is -1.96. The third-order valence-corrected chi connectivity index (χ3v) is 2.57. The Bertz CT molecular complexity index is 775. The van der Waals surface area contributed by atoms with E-state index in [0.717, 1.165) is 4.80 Å². The van der Waals surface area contributed by atoms with Crippen molar-refractivity contribution in [2.45, 2.75) is 0 Å². The SMILES string of the molecule is O=c1[nH][n+](-c2no[n+]([O-])c2-c2ccc(Cl)cc2)no1. The molecule has 0 aliphatic carbocycles. The molecule has 0 atom stereocenters. The van der Waals surface area contributed by atoms with Gasteiger partial charge in [-0.05, 0) is 29.2 Å². The summed E-state index contributed by atoms with van der Waals surface area (Å²) in [5.41, 5.74) is 0.554. The number of halogens is 1. The van der Waals surface area contributed by atoms with Gasteiger partial charge in [0.25, 0.3) is 5.69 Å². The summed E-state index contributed by atoms with van der Waals surface area (Å²) >= 11 is 5.77. The van der Waals surface area contributed by atoms with E-state index in [1.165, 1.54) is 0 Å². The van der Waals surface area contributed by atoms with Crippen LogP contribution in [0, 0.1) is 5.21 Å². The van der Waals surface area contributed by atoms with Crippen LogP contribution < -0.4 is 15.5 Å². The van der Waals surface area contributed by atoms with E-state index in [2.05, 4.69) is 24.7 Å². The molecule has 0 saturated carbocycles. The summed E-state index contributed by atoms with van der Waals surface area (Å²) in [6.07, 6.45) is 0. The van der Waals surface area contributed by atoms with E-state index in [0.29, 0.717) is 10.6 Å². The molecule has 3 rings (SSSR count). The Morgan fingerprint density at radius 3 is 2.68 bits per heavy atom. The van der Waals surface area contributed by atoms with E-state index < -0.39 is 5.76 Å². The second kappa shape index (κ2) is 4.21. The van der Waals surface area contributed by atoms with Crippen LogP contribution in [0.25, 0.3) is 17.1 Å². The number of H-pyrrole nitrogens is 1. The average Bonchev–Trinajstić information content (AvgIpc) is 2.97. The van der Waals surface area contributed by atoms with Crippen LogP contribution in [-0.2, 0) is 0 Å². The number of hydrogen-bond acceptors (Lipinski definition) is 6. The fourth-order valence-corrected chi connectivity index (χ4v) is 1.65. The van der Waals surface area contributed by atoms with Crippen LogP contribution in [-0.4, -0.2) is 15.5 Å². The highest BCUT2D eigenvalue weighted by Crippen LogP contribution is 2.20. The molecule has 10 heteroatoms. The predicted molar refractivity (Wildman–Crippen MR) is 58.1 cm³/mol. The number of aromatic nitrogens is 5. The molecule has 3 aromatic rings. The van der Waals surface area contributed by atoms with Crippen LogP contribution in [0.15, 0.2) is 38.2 Å². The van der Waals surface area contributed by atoms with Crippen molar-refractivity contribution in [1.82, 2.24) is 15.5 Å². The molecule has 0 saturated heterocycles. The van der Waals surface area contributed by atoms with E-state index in [-0.39, 0.29) is 16.4 Å². The Hall–Kier alpha value is -2.68. The van der Waals surface area contributed by atoms with E-state index in [1.54, 1.807) is 24.3 Å². The largest absolute Gasteiger partial charge is 0.473 e. The summed E-state index contributed by atoms with van der Waals surface area (Å²) in [5, 5.41) is 21.2. The highest BCUT2D eigenvalue weighted by atomic mass is 35.5. The van der Waals surface area contributed by atoms with Crippen molar-refractivity contribution in [2.24, 2.45) is 0 Å². The summed E-state index contributed by atoms with van der Waals surface area (Å²) in [5.74, 6) is -0.800. The molecular formula is C9H5ClN5O4+. The Morgan fingerprint density at radius 1 is 1.32 bits per heavy atom. The minimum Gasteiger partial charge on any atom is -0.359 e. The van der Waals surface area contributed by atoms with Crippen molar-refractivity contribution >= 4 is 11.6 Å². The maximum absolute atomic E-state index is 11.6. The zero-order chi connectivity index (χ0) is 13.4. The van der Waals surface area contributed by atoms with Crippen LogP contribution in [0.3, 0.4) is 0 Å². The van der Waals surface area contributed by atoms with Gasteiger partial charge in [-0.15, -0.1) is 5.10 Å². The van der Waals surface area contributed by atoms with Crippen molar-refractivity contribution in [3.05, 3.63) is 45.0 Å². The van der Waals surface area contributed by atoms with Crippen LogP contribution >= 0.6 is 11.6 Å². The van der Waals surface area contributed by atoms with E-state index in [4.69, 9.17) is 11.6 Å². The normalized spacial score (nSPS) is 10.8. The first-order valence-electron chi connectivity index (χ1n) is 4.99. The lowest BCUT2D eigenvalue weighted by Crippen LogP contribution is -2.40. The van der Waals surface area contributed by atoms with Gasteiger partial charge in [0.2, 0.25) is 0 Å². The molecule has 0 amide bonds. The van der Waals surface area contributed by atoms with Gasteiger partial charge in [-0.2, -0.15) is 0 Å². The molecule has 0 unspecified atom stereocenters. The van der Waals surface area contributed by atoms with Gasteiger partial charge in [-0.1, -0.05) is 11.6 Å². The second-order valence-electron chi connectivity index (χ2n) is 3.49. The molecule has 1 aromatic carbocycles. The zero-order valence-electron chi connectivity index (χ0n) is 9.11. The van der Waals surface area contributed by atoms with Gasteiger partial charge in [0.1, 0.15) is 5.27 Å². The maximum Gasteiger partial charge on any atom is 0.473 e. The smallest absolute Gasteiger partial charge is 0.359 e. The zero-order valence-corrected chi connectivity index (χ0v) is 9.87. The molecule has 19 heavy (non-hydrogen) atoms. The first-order valence-corrected chi connectivity index (χ1v) is 5.37. The summed E-state index contributed by atoms with van der Waals surface area (Å²) in [7, 11) is 0. The van der Waals surface area contributed by atoms with Crippen LogP contribution in [0.1, 0.15) is 0 Å². The molecule has 0 spiro atoms. The molecule has 0 aliphatic heterocycles. The lowest BCUT2D eigenvalue weighted by atomic mass is 10.1. The molecule has 1 N–H and O–H groups in total. The monoisotopic (exact) mass is 282 g/mol. The average molecular weight is 283 g/mol. The van der Waals surface area contributed by atoms with Crippen molar-refractivity contribution in [2.75, 3.05) is 0 Å². The quantitative estimate of drug-likeness (QED) is 0.504. The van der Waals surface area contributed by atoms with Gasteiger partial charge in [-0.25, -0.2) is 4.79 Å². The number of nitrogens with zero attached hydrogens (tertiary/aromatic N) is 4. The minimum absolute atomic E-state index is 0.0110. The van der Waals surface area contributed by atoms with E-state index >= 15 is 0 Å². The molecular weight excluding hydrogens is 278 g/mol. The fourth-order valence-electron chi connectivity index (χ4n) is 1.52. The summed E-state index contributed by atoms with van der Waals surface area (Å²) in [6.45, 7) is 0. The number of hydrogen-bond donors (Lipinski definition) is 1. The number of rotatable bonds is 2.